The maximum Gasteiger partial charge on any atom is 0.223 e. The Morgan fingerprint density at radius 3 is 2.39 bits per heavy atom. The maximum atomic E-state index is 11.8. The number of rotatable bonds is 10. The number of benzene rings is 1. The molecule has 1 amide bonds. The van der Waals surface area contributed by atoms with Crippen molar-refractivity contribution in [3.05, 3.63) is 29.8 Å². The Bertz CT molecular complexity index is 624. The van der Waals surface area contributed by atoms with Gasteiger partial charge in [-0.15, -0.1) is 0 Å². The Kier molecular flexibility index (Phi) is 9.11. The van der Waals surface area contributed by atoms with E-state index in [-0.39, 0.29) is 17.9 Å². The van der Waals surface area contributed by atoms with Crippen LogP contribution in [0.5, 0.6) is 5.75 Å². The zero-order valence-electron chi connectivity index (χ0n) is 17.8. The minimum absolute atomic E-state index is 0.128. The van der Waals surface area contributed by atoms with Crippen LogP contribution in [-0.4, -0.2) is 38.6 Å². The summed E-state index contributed by atoms with van der Waals surface area (Å²) in [7, 11) is 1.77. The van der Waals surface area contributed by atoms with Crippen molar-refractivity contribution in [1.82, 2.24) is 16.0 Å². The van der Waals surface area contributed by atoms with Gasteiger partial charge in [0.2, 0.25) is 5.91 Å². The fourth-order valence-electron chi connectivity index (χ4n) is 2.92. The van der Waals surface area contributed by atoms with E-state index in [0.717, 1.165) is 44.1 Å². The number of nitrogens with zero attached hydrogens (tertiary/aromatic N) is 1. The van der Waals surface area contributed by atoms with E-state index in [2.05, 4.69) is 53.8 Å². The third kappa shape index (κ3) is 7.41. The molecule has 1 unspecified atom stereocenters. The lowest BCUT2D eigenvalue weighted by Crippen LogP contribution is -2.40. The van der Waals surface area contributed by atoms with Gasteiger partial charge in [-0.05, 0) is 49.8 Å². The van der Waals surface area contributed by atoms with Crippen molar-refractivity contribution >= 4 is 11.9 Å². The number of hydrogen-bond acceptors (Lipinski definition) is 3. The Labute approximate surface area is 169 Å². The van der Waals surface area contributed by atoms with Crippen LogP contribution in [-0.2, 0) is 4.79 Å². The van der Waals surface area contributed by atoms with E-state index in [1.165, 1.54) is 12.0 Å². The number of nitrogens with one attached hydrogen (secondary N) is 3. The summed E-state index contributed by atoms with van der Waals surface area (Å²) in [6.07, 6.45) is 4.15. The SMILES string of the molecule is CN=C(NCCCNC(=O)C1CCC1)NC(C)c1ccc(OCC(C)C)cc1. The van der Waals surface area contributed by atoms with Gasteiger partial charge in [-0.2, -0.15) is 0 Å². The smallest absolute Gasteiger partial charge is 0.223 e. The molecule has 156 valence electrons. The van der Waals surface area contributed by atoms with Crippen LogP contribution < -0.4 is 20.7 Å². The van der Waals surface area contributed by atoms with Crippen molar-refractivity contribution in [3.63, 3.8) is 0 Å². The van der Waals surface area contributed by atoms with Crippen molar-refractivity contribution in [2.75, 3.05) is 26.7 Å². The molecule has 1 aromatic carbocycles. The molecule has 1 fully saturated rings. The Hall–Kier alpha value is -2.24. The van der Waals surface area contributed by atoms with Crippen LogP contribution >= 0.6 is 0 Å². The van der Waals surface area contributed by atoms with Crippen molar-refractivity contribution in [2.45, 2.75) is 52.5 Å². The number of amides is 1. The lowest BCUT2D eigenvalue weighted by atomic mass is 9.85. The third-order valence-corrected chi connectivity index (χ3v) is 4.96. The van der Waals surface area contributed by atoms with Crippen LogP contribution in [0, 0.1) is 11.8 Å². The highest BCUT2D eigenvalue weighted by atomic mass is 16.5. The summed E-state index contributed by atoms with van der Waals surface area (Å²) in [6, 6.07) is 8.31. The molecular formula is C22H36N4O2. The molecule has 1 saturated carbocycles. The predicted molar refractivity (Wildman–Crippen MR) is 115 cm³/mol. The number of hydrogen-bond donors (Lipinski definition) is 3. The van der Waals surface area contributed by atoms with Gasteiger partial charge < -0.3 is 20.7 Å². The summed E-state index contributed by atoms with van der Waals surface area (Å²) < 4.78 is 5.74. The average Bonchev–Trinajstić information content (AvgIpc) is 2.64. The van der Waals surface area contributed by atoms with E-state index < -0.39 is 0 Å². The van der Waals surface area contributed by atoms with E-state index in [1.807, 2.05) is 12.1 Å². The summed E-state index contributed by atoms with van der Waals surface area (Å²) in [5, 5.41) is 9.72. The summed E-state index contributed by atoms with van der Waals surface area (Å²) in [5.41, 5.74) is 1.17. The van der Waals surface area contributed by atoms with Crippen molar-refractivity contribution in [1.29, 1.82) is 0 Å². The number of ether oxygens (including phenoxy) is 1. The second kappa shape index (κ2) is 11.6. The summed E-state index contributed by atoms with van der Waals surface area (Å²) >= 11 is 0. The van der Waals surface area contributed by atoms with Gasteiger partial charge in [0.05, 0.1) is 12.6 Å². The molecule has 0 saturated heterocycles. The van der Waals surface area contributed by atoms with Gasteiger partial charge in [0, 0.05) is 26.1 Å². The molecule has 1 atom stereocenters. The first-order chi connectivity index (χ1) is 13.5. The van der Waals surface area contributed by atoms with Crippen molar-refractivity contribution in [3.8, 4) is 5.75 Å². The van der Waals surface area contributed by atoms with Crippen molar-refractivity contribution in [2.24, 2.45) is 16.8 Å². The minimum atomic E-state index is 0.128. The zero-order valence-corrected chi connectivity index (χ0v) is 17.8. The fourth-order valence-corrected chi connectivity index (χ4v) is 2.92. The third-order valence-electron chi connectivity index (χ3n) is 4.96. The average molecular weight is 389 g/mol. The molecule has 0 bridgehead atoms. The molecule has 0 radical (unpaired) electrons. The molecule has 1 aliphatic carbocycles. The van der Waals surface area contributed by atoms with Gasteiger partial charge in [-0.25, -0.2) is 0 Å². The predicted octanol–water partition coefficient (Wildman–Crippen LogP) is 3.25. The lowest BCUT2D eigenvalue weighted by molar-refractivity contribution is -0.127. The quantitative estimate of drug-likeness (QED) is 0.327. The highest BCUT2D eigenvalue weighted by Gasteiger charge is 2.24. The van der Waals surface area contributed by atoms with E-state index in [0.29, 0.717) is 12.5 Å². The molecule has 1 aromatic rings. The van der Waals surface area contributed by atoms with E-state index in [4.69, 9.17) is 4.74 Å². The van der Waals surface area contributed by atoms with E-state index >= 15 is 0 Å². The molecule has 3 N–H and O–H groups in total. The fraction of sp³-hybridized carbons (Fsp3) is 0.636. The molecule has 28 heavy (non-hydrogen) atoms. The van der Waals surface area contributed by atoms with Gasteiger partial charge >= 0.3 is 0 Å². The van der Waals surface area contributed by atoms with Crippen LogP contribution in [0.2, 0.25) is 0 Å². The van der Waals surface area contributed by atoms with Gasteiger partial charge in [0.1, 0.15) is 5.75 Å². The number of aliphatic imine (C=N–C) groups is 1. The Morgan fingerprint density at radius 1 is 1.14 bits per heavy atom. The molecule has 0 aliphatic heterocycles. The van der Waals surface area contributed by atoms with E-state index in [1.54, 1.807) is 7.05 Å². The number of guanidine groups is 1. The zero-order chi connectivity index (χ0) is 20.4. The second-order valence-corrected chi connectivity index (χ2v) is 7.91. The second-order valence-electron chi connectivity index (χ2n) is 7.91. The Morgan fingerprint density at radius 2 is 1.82 bits per heavy atom. The van der Waals surface area contributed by atoms with Crippen LogP contribution in [0.4, 0.5) is 0 Å². The molecule has 0 spiro atoms. The van der Waals surface area contributed by atoms with Gasteiger partial charge in [-0.3, -0.25) is 9.79 Å². The van der Waals surface area contributed by atoms with Crippen LogP contribution in [0.15, 0.2) is 29.3 Å². The van der Waals surface area contributed by atoms with E-state index in [9.17, 15) is 4.79 Å². The summed E-state index contributed by atoms with van der Waals surface area (Å²) in [5.74, 6) is 2.64. The Balaban J connectivity index is 1.67. The summed E-state index contributed by atoms with van der Waals surface area (Å²) in [6.45, 7) is 8.58. The monoisotopic (exact) mass is 388 g/mol. The highest BCUT2D eigenvalue weighted by molar-refractivity contribution is 5.80. The number of carbonyl (C=O) groups excluding carboxylic acids is 1. The van der Waals surface area contributed by atoms with Gasteiger partial charge in [-0.1, -0.05) is 32.4 Å². The maximum absolute atomic E-state index is 11.8. The van der Waals surface area contributed by atoms with Crippen LogP contribution in [0.3, 0.4) is 0 Å². The van der Waals surface area contributed by atoms with Crippen LogP contribution in [0.25, 0.3) is 0 Å². The first-order valence-corrected chi connectivity index (χ1v) is 10.5. The van der Waals surface area contributed by atoms with Gasteiger partial charge in [0.25, 0.3) is 0 Å². The largest absolute Gasteiger partial charge is 0.493 e. The molecular weight excluding hydrogens is 352 g/mol. The van der Waals surface area contributed by atoms with Crippen molar-refractivity contribution < 1.29 is 9.53 Å². The molecule has 0 aromatic heterocycles. The van der Waals surface area contributed by atoms with Gasteiger partial charge in [0.15, 0.2) is 5.96 Å². The normalized spacial score (nSPS) is 15.7. The molecule has 6 heteroatoms. The first-order valence-electron chi connectivity index (χ1n) is 10.5. The molecule has 6 nitrogen and oxygen atoms in total. The molecule has 2 rings (SSSR count). The van der Waals surface area contributed by atoms with Crippen LogP contribution in [0.1, 0.15) is 58.1 Å². The lowest BCUT2D eigenvalue weighted by Gasteiger charge is -2.24. The first kappa shape index (κ1) is 22.1. The minimum Gasteiger partial charge on any atom is -0.493 e. The topological polar surface area (TPSA) is 74.8 Å². The molecule has 0 heterocycles. The molecule has 1 aliphatic rings. The summed E-state index contributed by atoms with van der Waals surface area (Å²) in [4.78, 5) is 16.1. The highest BCUT2D eigenvalue weighted by Crippen LogP contribution is 2.26. The number of carbonyl (C=O) groups is 1. The standard InChI is InChI=1S/C22H36N4O2/c1-16(2)15-28-20-11-9-18(10-12-20)17(3)26-22(23-4)25-14-6-13-24-21(27)19-7-5-8-19/h9-12,16-17,19H,5-8,13-15H2,1-4H3,(H,24,27)(H2,23,25,26).